The van der Waals surface area contributed by atoms with Gasteiger partial charge in [-0.3, -0.25) is 9.69 Å². The van der Waals surface area contributed by atoms with E-state index in [0.717, 1.165) is 54.0 Å². The SMILES string of the molecule is CC1C2Cc3ccc(C(=O)NCCc4ccc(-c5ccc(OC(F)F)cc5)cc4)cc3C1(C)CCN2CC1CC1. The Morgan fingerprint density at radius 1 is 1.05 bits per heavy atom. The molecule has 40 heavy (non-hydrogen) atoms. The quantitative estimate of drug-likeness (QED) is 0.320. The summed E-state index contributed by atoms with van der Waals surface area (Å²) in [5.41, 5.74) is 6.70. The Hall–Kier alpha value is -3.25. The van der Waals surface area contributed by atoms with Gasteiger partial charge in [-0.1, -0.05) is 56.3 Å². The number of nitrogens with zero attached hydrogens (tertiary/aromatic N) is 1. The van der Waals surface area contributed by atoms with Crippen LogP contribution in [0.2, 0.25) is 0 Å². The van der Waals surface area contributed by atoms with E-state index >= 15 is 0 Å². The number of carbonyl (C=O) groups excluding carboxylic acids is 1. The van der Waals surface area contributed by atoms with Crippen LogP contribution in [0.15, 0.2) is 66.7 Å². The highest BCUT2D eigenvalue weighted by atomic mass is 19.3. The third-order valence-electron chi connectivity index (χ3n) is 9.64. The van der Waals surface area contributed by atoms with Crippen LogP contribution < -0.4 is 10.1 Å². The number of carbonyl (C=O) groups is 1. The van der Waals surface area contributed by atoms with Crippen molar-refractivity contribution in [2.24, 2.45) is 11.8 Å². The van der Waals surface area contributed by atoms with Gasteiger partial charge < -0.3 is 10.1 Å². The summed E-state index contributed by atoms with van der Waals surface area (Å²) in [5.74, 6) is 1.62. The van der Waals surface area contributed by atoms with E-state index in [1.165, 1.54) is 30.5 Å². The van der Waals surface area contributed by atoms with E-state index in [2.05, 4.69) is 40.9 Å². The Morgan fingerprint density at radius 2 is 1.75 bits per heavy atom. The summed E-state index contributed by atoms with van der Waals surface area (Å²) in [5, 5.41) is 3.11. The summed E-state index contributed by atoms with van der Waals surface area (Å²) in [6.07, 6.45) is 5.76. The number of piperidine rings is 1. The molecule has 0 spiro atoms. The first-order valence-corrected chi connectivity index (χ1v) is 14.6. The lowest BCUT2D eigenvalue weighted by Crippen LogP contribution is -2.58. The molecule has 3 aliphatic rings. The lowest BCUT2D eigenvalue weighted by Gasteiger charge is -2.55. The summed E-state index contributed by atoms with van der Waals surface area (Å²) in [7, 11) is 0. The summed E-state index contributed by atoms with van der Waals surface area (Å²) in [6.45, 7) is 4.98. The van der Waals surface area contributed by atoms with Gasteiger partial charge in [0.1, 0.15) is 5.75 Å². The average molecular weight is 545 g/mol. The fourth-order valence-electron chi connectivity index (χ4n) is 6.82. The van der Waals surface area contributed by atoms with Crippen molar-refractivity contribution in [3.8, 4) is 16.9 Å². The Bertz CT molecular complexity index is 1350. The molecule has 4 nitrogen and oxygen atoms in total. The highest BCUT2D eigenvalue weighted by molar-refractivity contribution is 5.94. The molecule has 2 fully saturated rings. The summed E-state index contributed by atoms with van der Waals surface area (Å²) in [6, 6.07) is 21.7. The molecule has 0 aromatic heterocycles. The zero-order chi connectivity index (χ0) is 27.9. The molecule has 6 rings (SSSR count). The topological polar surface area (TPSA) is 41.6 Å². The van der Waals surface area contributed by atoms with Crippen molar-refractivity contribution in [2.45, 2.75) is 64.0 Å². The van der Waals surface area contributed by atoms with Crippen molar-refractivity contribution in [3.05, 3.63) is 89.0 Å². The second-order valence-electron chi connectivity index (χ2n) is 12.1. The van der Waals surface area contributed by atoms with Crippen molar-refractivity contribution in [1.29, 1.82) is 0 Å². The average Bonchev–Trinajstić information content (AvgIpc) is 3.77. The zero-order valence-electron chi connectivity index (χ0n) is 23.3. The van der Waals surface area contributed by atoms with E-state index in [0.29, 0.717) is 18.5 Å². The van der Waals surface area contributed by atoms with E-state index in [9.17, 15) is 13.6 Å². The highest BCUT2D eigenvalue weighted by Gasteiger charge is 2.49. The highest BCUT2D eigenvalue weighted by Crippen LogP contribution is 2.49. The van der Waals surface area contributed by atoms with Crippen molar-refractivity contribution in [2.75, 3.05) is 19.6 Å². The Kier molecular flexibility index (Phi) is 7.39. The van der Waals surface area contributed by atoms with Crippen LogP contribution in [-0.4, -0.2) is 43.1 Å². The van der Waals surface area contributed by atoms with E-state index in [1.807, 2.05) is 30.3 Å². The van der Waals surface area contributed by atoms with Gasteiger partial charge in [-0.05, 0) is 108 Å². The number of amides is 1. The van der Waals surface area contributed by atoms with Crippen LogP contribution in [0.25, 0.3) is 11.1 Å². The third-order valence-corrected chi connectivity index (χ3v) is 9.64. The van der Waals surface area contributed by atoms with E-state index in [4.69, 9.17) is 0 Å². The number of benzene rings is 3. The lowest BCUT2D eigenvalue weighted by atomic mass is 9.59. The van der Waals surface area contributed by atoms with E-state index in [1.54, 1.807) is 24.3 Å². The van der Waals surface area contributed by atoms with Gasteiger partial charge >= 0.3 is 6.61 Å². The van der Waals surface area contributed by atoms with Crippen LogP contribution in [0.4, 0.5) is 8.78 Å². The molecule has 1 heterocycles. The number of nitrogens with one attached hydrogen (secondary N) is 1. The minimum Gasteiger partial charge on any atom is -0.435 e. The molecule has 2 bridgehead atoms. The predicted molar refractivity (Wildman–Crippen MR) is 154 cm³/mol. The lowest BCUT2D eigenvalue weighted by molar-refractivity contribution is -0.0498. The molecule has 3 aromatic rings. The van der Waals surface area contributed by atoms with Gasteiger partial charge in [-0.2, -0.15) is 8.78 Å². The van der Waals surface area contributed by atoms with Crippen LogP contribution in [0.5, 0.6) is 5.75 Å². The molecule has 1 N–H and O–H groups in total. The minimum absolute atomic E-state index is 0.0185. The normalized spacial score (nSPS) is 24.0. The second kappa shape index (κ2) is 11.0. The van der Waals surface area contributed by atoms with Gasteiger partial charge in [0.25, 0.3) is 5.91 Å². The molecule has 1 amide bonds. The first kappa shape index (κ1) is 26.9. The summed E-state index contributed by atoms with van der Waals surface area (Å²) >= 11 is 0. The molecule has 210 valence electrons. The maximum absolute atomic E-state index is 13.1. The van der Waals surface area contributed by atoms with Gasteiger partial charge in [0, 0.05) is 24.7 Å². The first-order valence-electron chi connectivity index (χ1n) is 14.6. The zero-order valence-corrected chi connectivity index (χ0v) is 23.3. The van der Waals surface area contributed by atoms with Crippen LogP contribution >= 0.6 is 0 Å². The van der Waals surface area contributed by atoms with E-state index in [-0.39, 0.29) is 17.1 Å². The molecule has 3 unspecified atom stereocenters. The molecule has 1 saturated heterocycles. The monoisotopic (exact) mass is 544 g/mol. The van der Waals surface area contributed by atoms with Crippen molar-refractivity contribution in [1.82, 2.24) is 10.2 Å². The molecule has 6 heteroatoms. The van der Waals surface area contributed by atoms with E-state index < -0.39 is 6.61 Å². The molecule has 1 saturated carbocycles. The van der Waals surface area contributed by atoms with Crippen LogP contribution in [0.1, 0.15) is 60.2 Å². The number of fused-ring (bicyclic) bond motifs is 4. The van der Waals surface area contributed by atoms with Crippen molar-refractivity contribution < 1.29 is 18.3 Å². The predicted octanol–water partition coefficient (Wildman–Crippen LogP) is 6.86. The number of halogens is 2. The Balaban J connectivity index is 1.06. The van der Waals surface area contributed by atoms with Gasteiger partial charge in [0.05, 0.1) is 0 Å². The fraction of sp³-hybridized carbons (Fsp3) is 0.441. The first-order chi connectivity index (χ1) is 19.3. The van der Waals surface area contributed by atoms with Crippen molar-refractivity contribution >= 4 is 5.91 Å². The molecule has 2 aliphatic carbocycles. The molecule has 3 atom stereocenters. The second-order valence-corrected chi connectivity index (χ2v) is 12.1. The molecule has 1 aliphatic heterocycles. The van der Waals surface area contributed by atoms with Gasteiger partial charge in [-0.25, -0.2) is 0 Å². The number of hydrogen-bond donors (Lipinski definition) is 1. The van der Waals surface area contributed by atoms with Gasteiger partial charge in [-0.15, -0.1) is 0 Å². The minimum atomic E-state index is -2.83. The Morgan fingerprint density at radius 3 is 2.42 bits per heavy atom. The van der Waals surface area contributed by atoms with Crippen molar-refractivity contribution in [3.63, 3.8) is 0 Å². The Labute approximate surface area is 235 Å². The molecular formula is C34H38F2N2O2. The standard InChI is InChI=1S/C34H38F2N2O2/c1-22-31-20-27-9-10-28(19-30(27)34(22,2)16-18-38(31)21-24-3-4-24)32(39)37-17-15-23-5-7-25(8-6-23)26-11-13-29(14-12-26)40-33(35)36/h5-14,19,22,24,31,33H,3-4,15-18,20-21H2,1-2H3,(H,37,39). The summed E-state index contributed by atoms with van der Waals surface area (Å²) < 4.78 is 29.2. The molecule has 3 aromatic carbocycles. The number of likely N-dealkylation sites (tertiary alicyclic amines) is 1. The number of rotatable bonds is 9. The van der Waals surface area contributed by atoms with Gasteiger partial charge in [0.15, 0.2) is 0 Å². The summed E-state index contributed by atoms with van der Waals surface area (Å²) in [4.78, 5) is 15.9. The van der Waals surface area contributed by atoms with Gasteiger partial charge in [0.2, 0.25) is 0 Å². The maximum Gasteiger partial charge on any atom is 0.387 e. The number of ether oxygens (including phenoxy) is 1. The largest absolute Gasteiger partial charge is 0.435 e. The number of alkyl halides is 2. The van der Waals surface area contributed by atoms with Crippen LogP contribution in [0, 0.1) is 11.8 Å². The third kappa shape index (κ3) is 5.51. The maximum atomic E-state index is 13.1. The molecule has 0 radical (unpaired) electrons. The number of hydrogen-bond acceptors (Lipinski definition) is 3. The van der Waals surface area contributed by atoms with Crippen LogP contribution in [0.3, 0.4) is 0 Å². The van der Waals surface area contributed by atoms with Crippen LogP contribution in [-0.2, 0) is 18.3 Å². The molecular weight excluding hydrogens is 506 g/mol. The smallest absolute Gasteiger partial charge is 0.387 e. The fourth-order valence-corrected chi connectivity index (χ4v) is 6.82.